The number of aryl methyl sites for hydroxylation is 1. The van der Waals surface area contributed by atoms with Crippen molar-refractivity contribution in [2.24, 2.45) is 17.6 Å². The Morgan fingerprint density at radius 1 is 1.31 bits per heavy atom. The van der Waals surface area contributed by atoms with Crippen LogP contribution < -0.4 is 0 Å². The molecule has 2 aliphatic rings. The molecule has 3 heterocycles. The van der Waals surface area contributed by atoms with E-state index < -0.39 is 11.4 Å². The van der Waals surface area contributed by atoms with Crippen molar-refractivity contribution < 1.29 is 19.1 Å². The zero-order chi connectivity index (χ0) is 20.4. The molecule has 2 aliphatic heterocycles. The van der Waals surface area contributed by atoms with Crippen LogP contribution >= 0.6 is 0 Å². The van der Waals surface area contributed by atoms with Crippen LogP contribution in [0.4, 0.5) is 4.39 Å². The minimum atomic E-state index is -0.802. The first-order valence-corrected chi connectivity index (χ1v) is 9.85. The second-order valence-electron chi connectivity index (χ2n) is 8.06. The van der Waals surface area contributed by atoms with Crippen LogP contribution in [0.3, 0.4) is 0 Å². The van der Waals surface area contributed by atoms with E-state index in [0.29, 0.717) is 25.7 Å². The number of hydrogen-bond donors (Lipinski definition) is 1. The number of oxime groups is 1. The van der Waals surface area contributed by atoms with Gasteiger partial charge >= 0.3 is 5.97 Å². The molecule has 0 amide bonds. The van der Waals surface area contributed by atoms with E-state index in [4.69, 9.17) is 4.84 Å². The van der Waals surface area contributed by atoms with Crippen LogP contribution in [0, 0.1) is 11.2 Å². The van der Waals surface area contributed by atoms with Gasteiger partial charge in [0.1, 0.15) is 11.9 Å². The molecule has 1 saturated heterocycles. The Labute approximate surface area is 168 Å². The number of carbonyl (C=O) groups is 1. The smallest absolute Gasteiger partial charge is 0.309 e. The average Bonchev–Trinajstić information content (AvgIpc) is 3.33. The maximum absolute atomic E-state index is 13.1. The van der Waals surface area contributed by atoms with E-state index in [2.05, 4.69) is 15.2 Å². The zero-order valence-corrected chi connectivity index (χ0v) is 16.4. The molecule has 0 aliphatic carbocycles. The summed E-state index contributed by atoms with van der Waals surface area (Å²) in [6.45, 7) is 2.22. The first-order valence-electron chi connectivity index (χ1n) is 9.85. The number of aliphatic carboxylic acids is 1. The molecule has 1 atom stereocenters. The molecule has 0 saturated carbocycles. The van der Waals surface area contributed by atoms with Gasteiger partial charge in [-0.15, -0.1) is 0 Å². The Morgan fingerprint density at radius 2 is 2.03 bits per heavy atom. The molecule has 29 heavy (non-hydrogen) atoms. The van der Waals surface area contributed by atoms with E-state index in [1.54, 1.807) is 16.8 Å². The highest BCUT2D eigenvalue weighted by Crippen LogP contribution is 2.39. The van der Waals surface area contributed by atoms with Gasteiger partial charge in [0.05, 0.1) is 17.3 Å². The second kappa shape index (κ2) is 7.94. The quantitative estimate of drug-likeness (QED) is 0.807. The molecule has 7 nitrogen and oxygen atoms in total. The zero-order valence-electron chi connectivity index (χ0n) is 16.4. The lowest BCUT2D eigenvalue weighted by molar-refractivity contribution is -0.155. The Balaban J connectivity index is 1.35. The highest BCUT2D eigenvalue weighted by molar-refractivity contribution is 6.01. The van der Waals surface area contributed by atoms with E-state index >= 15 is 0 Å². The van der Waals surface area contributed by atoms with Crippen molar-refractivity contribution in [3.05, 3.63) is 53.6 Å². The summed E-state index contributed by atoms with van der Waals surface area (Å²) in [7, 11) is 1.89. The summed E-state index contributed by atoms with van der Waals surface area (Å²) in [5.41, 5.74) is 1.88. The van der Waals surface area contributed by atoms with Gasteiger partial charge in [0.15, 0.2) is 0 Å². The lowest BCUT2D eigenvalue weighted by Crippen LogP contribution is -2.45. The predicted octanol–water partition coefficient (Wildman–Crippen LogP) is 2.81. The molecule has 1 N–H and O–H groups in total. The number of nitrogens with zero attached hydrogens (tertiary/aromatic N) is 4. The lowest BCUT2D eigenvalue weighted by atomic mass is 9.73. The number of hydrogen-bond acceptors (Lipinski definition) is 5. The predicted molar refractivity (Wildman–Crippen MR) is 105 cm³/mol. The normalized spacial score (nSPS) is 21.6. The molecule has 0 bridgehead atoms. The summed E-state index contributed by atoms with van der Waals surface area (Å²) in [4.78, 5) is 20.0. The SMILES string of the molecule is Cn1cc(CN2CCC(C[C@@H]3CC(c4ccc(F)cc4)=NO3)(C(=O)O)CC2)cn1. The number of benzene rings is 1. The van der Waals surface area contributed by atoms with Crippen LogP contribution in [0.1, 0.15) is 36.8 Å². The number of halogens is 1. The lowest BCUT2D eigenvalue weighted by Gasteiger charge is -2.39. The summed E-state index contributed by atoms with van der Waals surface area (Å²) in [5, 5.41) is 18.3. The van der Waals surface area contributed by atoms with Crippen molar-refractivity contribution in [2.45, 2.75) is 38.3 Å². The van der Waals surface area contributed by atoms with Crippen LogP contribution in [-0.4, -0.2) is 50.7 Å². The topological polar surface area (TPSA) is 80.0 Å². The van der Waals surface area contributed by atoms with E-state index in [0.717, 1.165) is 36.5 Å². The molecule has 0 radical (unpaired) electrons. The summed E-state index contributed by atoms with van der Waals surface area (Å²) < 4.78 is 14.9. The molecular weight excluding hydrogens is 375 g/mol. The number of rotatable bonds is 6. The first-order chi connectivity index (χ1) is 13.9. The molecule has 2 aromatic rings. The maximum atomic E-state index is 13.1. The third-order valence-electron chi connectivity index (χ3n) is 5.96. The van der Waals surface area contributed by atoms with Crippen molar-refractivity contribution >= 4 is 11.7 Å². The Morgan fingerprint density at radius 3 is 2.66 bits per heavy atom. The van der Waals surface area contributed by atoms with Gasteiger partial charge < -0.3 is 9.94 Å². The van der Waals surface area contributed by atoms with Crippen LogP contribution in [0.25, 0.3) is 0 Å². The molecule has 1 aromatic heterocycles. The molecule has 154 valence electrons. The van der Waals surface area contributed by atoms with Crippen molar-refractivity contribution in [2.75, 3.05) is 13.1 Å². The number of likely N-dealkylation sites (tertiary alicyclic amines) is 1. The number of aromatic nitrogens is 2. The molecule has 4 rings (SSSR count). The number of carboxylic acid groups (broad SMARTS) is 1. The molecule has 8 heteroatoms. The van der Waals surface area contributed by atoms with Gasteiger partial charge in [0.25, 0.3) is 0 Å². The van der Waals surface area contributed by atoms with Crippen molar-refractivity contribution in [3.63, 3.8) is 0 Å². The second-order valence-corrected chi connectivity index (χ2v) is 8.06. The summed E-state index contributed by atoms with van der Waals surface area (Å²) in [6, 6.07) is 6.12. The maximum Gasteiger partial charge on any atom is 0.309 e. The molecule has 1 fully saturated rings. The molecular formula is C21H25FN4O3. The fourth-order valence-corrected chi connectivity index (χ4v) is 4.24. The highest BCUT2D eigenvalue weighted by Gasteiger charge is 2.44. The molecule has 0 unspecified atom stereocenters. The Hall–Kier alpha value is -2.74. The van der Waals surface area contributed by atoms with Crippen LogP contribution in [0.15, 0.2) is 41.8 Å². The van der Waals surface area contributed by atoms with E-state index in [1.165, 1.54) is 12.1 Å². The standard InChI is InChI=1S/C21H25FN4O3/c1-25-13-15(12-23-25)14-26-8-6-21(7-9-26,20(27)28)11-18-10-19(24-29-18)16-2-4-17(22)5-3-16/h2-5,12-13,18H,6-11,14H2,1H3,(H,27,28)/t18-/m0/s1. The third kappa shape index (κ3) is 4.32. The largest absolute Gasteiger partial charge is 0.481 e. The van der Waals surface area contributed by atoms with Crippen molar-refractivity contribution in [1.29, 1.82) is 0 Å². The minimum Gasteiger partial charge on any atom is -0.481 e. The monoisotopic (exact) mass is 400 g/mol. The summed E-state index contributed by atoms with van der Waals surface area (Å²) in [5.74, 6) is -1.06. The fourth-order valence-electron chi connectivity index (χ4n) is 4.24. The van der Waals surface area contributed by atoms with Crippen LogP contribution in [-0.2, 0) is 23.2 Å². The average molecular weight is 400 g/mol. The molecule has 1 aromatic carbocycles. The van der Waals surface area contributed by atoms with E-state index in [9.17, 15) is 14.3 Å². The van der Waals surface area contributed by atoms with Crippen molar-refractivity contribution in [1.82, 2.24) is 14.7 Å². The fraction of sp³-hybridized carbons (Fsp3) is 0.476. The van der Waals surface area contributed by atoms with Gasteiger partial charge in [-0.25, -0.2) is 4.39 Å². The third-order valence-corrected chi connectivity index (χ3v) is 5.96. The molecule has 0 spiro atoms. The number of piperidine rings is 1. The van der Waals surface area contributed by atoms with E-state index in [-0.39, 0.29) is 11.9 Å². The number of carboxylic acids is 1. The van der Waals surface area contributed by atoms with Crippen LogP contribution in [0.2, 0.25) is 0 Å². The van der Waals surface area contributed by atoms with E-state index in [1.807, 2.05) is 19.4 Å². The minimum absolute atomic E-state index is 0.268. The van der Waals surface area contributed by atoms with Gasteiger partial charge in [0.2, 0.25) is 0 Å². The van der Waals surface area contributed by atoms with Gasteiger partial charge in [-0.3, -0.25) is 14.4 Å². The first kappa shape index (κ1) is 19.6. The van der Waals surface area contributed by atoms with Crippen molar-refractivity contribution in [3.8, 4) is 0 Å². The summed E-state index contributed by atoms with van der Waals surface area (Å²) >= 11 is 0. The van der Waals surface area contributed by atoms with Gasteiger partial charge in [-0.1, -0.05) is 17.3 Å². The van der Waals surface area contributed by atoms with Gasteiger partial charge in [0, 0.05) is 38.2 Å². The Bertz CT molecular complexity index is 901. The Kier molecular flexibility index (Phi) is 5.36. The van der Waals surface area contributed by atoms with Gasteiger partial charge in [-0.05, 0) is 43.6 Å². The van der Waals surface area contributed by atoms with Crippen LogP contribution in [0.5, 0.6) is 0 Å². The van der Waals surface area contributed by atoms with Gasteiger partial charge in [-0.2, -0.15) is 5.10 Å². The summed E-state index contributed by atoms with van der Waals surface area (Å²) in [6.07, 6.45) is 5.69. The highest BCUT2D eigenvalue weighted by atomic mass is 19.1.